The second-order valence-corrected chi connectivity index (χ2v) is 7.20. The summed E-state index contributed by atoms with van der Waals surface area (Å²) in [7, 11) is 0. The Bertz CT molecular complexity index is 551. The lowest BCUT2D eigenvalue weighted by Gasteiger charge is -2.26. The van der Waals surface area contributed by atoms with E-state index >= 15 is 0 Å². The number of carbonyl (C=O) groups excluding carboxylic acids is 1. The summed E-state index contributed by atoms with van der Waals surface area (Å²) in [5.41, 5.74) is 0. The molecular formula is C17H29N5O2. The first kappa shape index (κ1) is 17.4. The van der Waals surface area contributed by atoms with E-state index in [-0.39, 0.29) is 17.9 Å². The molecule has 1 amide bonds. The van der Waals surface area contributed by atoms with Gasteiger partial charge in [0.15, 0.2) is 5.82 Å². The Balaban J connectivity index is 1.76. The van der Waals surface area contributed by atoms with Crippen LogP contribution in [0, 0.1) is 11.8 Å². The van der Waals surface area contributed by atoms with Gasteiger partial charge in [-0.25, -0.2) is 0 Å². The van der Waals surface area contributed by atoms with Crippen molar-refractivity contribution in [1.29, 1.82) is 0 Å². The standard InChI is InChI=1S/C17H29N5O2/c1-12(2)11-14(19-17(23)13-4-9-24-10-5-13)16-21-20-15-3-6-18-7-8-22(15)16/h12-14,18H,3-11H2,1-2H3,(H,19,23). The number of carbonyl (C=O) groups is 1. The van der Waals surface area contributed by atoms with Gasteiger partial charge in [-0.1, -0.05) is 13.8 Å². The van der Waals surface area contributed by atoms with E-state index in [2.05, 4.69) is 39.2 Å². The van der Waals surface area contributed by atoms with Gasteiger partial charge in [-0.15, -0.1) is 10.2 Å². The van der Waals surface area contributed by atoms with E-state index in [1.807, 2.05) is 0 Å². The third kappa shape index (κ3) is 4.13. The normalized spacial score (nSPS) is 20.5. The lowest BCUT2D eigenvalue weighted by molar-refractivity contribution is -0.128. The molecule has 3 heterocycles. The number of nitrogens with zero attached hydrogens (tertiary/aromatic N) is 3. The third-order valence-corrected chi connectivity index (χ3v) is 4.82. The minimum atomic E-state index is -0.0697. The Hall–Kier alpha value is -1.47. The molecule has 1 aromatic rings. The van der Waals surface area contributed by atoms with Crippen molar-refractivity contribution >= 4 is 5.91 Å². The molecule has 1 fully saturated rings. The second kappa shape index (κ2) is 8.07. The van der Waals surface area contributed by atoms with Crippen LogP contribution in [0.5, 0.6) is 0 Å². The van der Waals surface area contributed by atoms with Crippen molar-refractivity contribution in [2.45, 2.75) is 52.1 Å². The molecular weight excluding hydrogens is 306 g/mol. The van der Waals surface area contributed by atoms with Crippen LogP contribution in [0.15, 0.2) is 0 Å². The third-order valence-electron chi connectivity index (χ3n) is 4.82. The monoisotopic (exact) mass is 335 g/mol. The van der Waals surface area contributed by atoms with Gasteiger partial charge in [-0.3, -0.25) is 4.79 Å². The molecule has 7 heteroatoms. The number of hydrogen-bond acceptors (Lipinski definition) is 5. The summed E-state index contributed by atoms with van der Waals surface area (Å²) in [6.07, 6.45) is 3.38. The Morgan fingerprint density at radius 1 is 1.33 bits per heavy atom. The van der Waals surface area contributed by atoms with E-state index in [4.69, 9.17) is 4.74 Å². The van der Waals surface area contributed by atoms with Crippen LogP contribution in [-0.4, -0.2) is 47.0 Å². The first-order valence-corrected chi connectivity index (χ1v) is 9.16. The fourth-order valence-corrected chi connectivity index (χ4v) is 3.50. The zero-order valence-electron chi connectivity index (χ0n) is 14.8. The quantitative estimate of drug-likeness (QED) is 0.841. The summed E-state index contributed by atoms with van der Waals surface area (Å²) in [5, 5.41) is 15.4. The van der Waals surface area contributed by atoms with E-state index in [0.717, 1.165) is 57.0 Å². The first-order chi connectivity index (χ1) is 11.6. The Labute approximate surface area is 143 Å². The van der Waals surface area contributed by atoms with Crippen molar-refractivity contribution in [3.8, 4) is 0 Å². The van der Waals surface area contributed by atoms with Gasteiger partial charge < -0.3 is 19.9 Å². The average molecular weight is 335 g/mol. The summed E-state index contributed by atoms with van der Waals surface area (Å²) in [6, 6.07) is -0.0697. The predicted octanol–water partition coefficient (Wildman–Crippen LogP) is 1.05. The van der Waals surface area contributed by atoms with Crippen molar-refractivity contribution in [3.63, 3.8) is 0 Å². The van der Waals surface area contributed by atoms with Gasteiger partial charge in [-0.05, 0) is 25.2 Å². The molecule has 1 atom stereocenters. The molecule has 0 aliphatic carbocycles. The molecule has 1 unspecified atom stereocenters. The highest BCUT2D eigenvalue weighted by atomic mass is 16.5. The van der Waals surface area contributed by atoms with Crippen LogP contribution >= 0.6 is 0 Å². The van der Waals surface area contributed by atoms with Gasteiger partial charge in [0, 0.05) is 45.2 Å². The van der Waals surface area contributed by atoms with E-state index in [1.165, 1.54) is 0 Å². The molecule has 7 nitrogen and oxygen atoms in total. The summed E-state index contributed by atoms with van der Waals surface area (Å²) < 4.78 is 7.56. The number of ether oxygens (including phenoxy) is 1. The van der Waals surface area contributed by atoms with Gasteiger partial charge in [0.1, 0.15) is 5.82 Å². The van der Waals surface area contributed by atoms with Crippen LogP contribution in [0.3, 0.4) is 0 Å². The van der Waals surface area contributed by atoms with Gasteiger partial charge in [0.2, 0.25) is 5.91 Å². The fraction of sp³-hybridized carbons (Fsp3) is 0.824. The van der Waals surface area contributed by atoms with Gasteiger partial charge in [0.25, 0.3) is 0 Å². The molecule has 1 aromatic heterocycles. The molecule has 2 aliphatic rings. The lowest BCUT2D eigenvalue weighted by Crippen LogP contribution is -2.38. The maximum atomic E-state index is 12.7. The number of aromatic nitrogens is 3. The largest absolute Gasteiger partial charge is 0.381 e. The minimum Gasteiger partial charge on any atom is -0.381 e. The fourth-order valence-electron chi connectivity index (χ4n) is 3.50. The maximum Gasteiger partial charge on any atom is 0.223 e. The molecule has 0 radical (unpaired) electrons. The molecule has 2 N–H and O–H groups in total. The highest BCUT2D eigenvalue weighted by molar-refractivity contribution is 5.79. The second-order valence-electron chi connectivity index (χ2n) is 7.20. The van der Waals surface area contributed by atoms with Crippen LogP contribution in [0.1, 0.15) is 50.8 Å². The summed E-state index contributed by atoms with van der Waals surface area (Å²) in [4.78, 5) is 12.7. The summed E-state index contributed by atoms with van der Waals surface area (Å²) >= 11 is 0. The van der Waals surface area contributed by atoms with E-state index in [0.29, 0.717) is 19.1 Å². The number of nitrogens with one attached hydrogen (secondary N) is 2. The lowest BCUT2D eigenvalue weighted by atomic mass is 9.97. The van der Waals surface area contributed by atoms with Crippen molar-refractivity contribution < 1.29 is 9.53 Å². The van der Waals surface area contributed by atoms with Gasteiger partial charge in [-0.2, -0.15) is 0 Å². The Morgan fingerprint density at radius 3 is 2.88 bits per heavy atom. The molecule has 0 spiro atoms. The smallest absolute Gasteiger partial charge is 0.223 e. The molecule has 0 bridgehead atoms. The van der Waals surface area contributed by atoms with Crippen LogP contribution in [0.4, 0.5) is 0 Å². The first-order valence-electron chi connectivity index (χ1n) is 9.16. The van der Waals surface area contributed by atoms with Crippen LogP contribution in [0.25, 0.3) is 0 Å². The number of fused-ring (bicyclic) bond motifs is 1. The molecule has 24 heavy (non-hydrogen) atoms. The van der Waals surface area contributed by atoms with Crippen molar-refractivity contribution in [2.24, 2.45) is 11.8 Å². The Morgan fingerprint density at radius 2 is 2.12 bits per heavy atom. The highest BCUT2D eigenvalue weighted by Crippen LogP contribution is 2.23. The summed E-state index contributed by atoms with van der Waals surface area (Å²) in [6.45, 7) is 8.42. The SMILES string of the molecule is CC(C)CC(NC(=O)C1CCOCC1)c1nnc2n1CCNCC2. The number of hydrogen-bond donors (Lipinski definition) is 2. The molecule has 3 rings (SSSR count). The van der Waals surface area contributed by atoms with Gasteiger partial charge >= 0.3 is 0 Å². The van der Waals surface area contributed by atoms with Crippen molar-refractivity contribution in [2.75, 3.05) is 26.3 Å². The topological polar surface area (TPSA) is 81.1 Å². The number of rotatable bonds is 5. The van der Waals surface area contributed by atoms with Crippen LogP contribution in [-0.2, 0) is 22.5 Å². The van der Waals surface area contributed by atoms with E-state index in [1.54, 1.807) is 0 Å². The number of amides is 1. The van der Waals surface area contributed by atoms with Gasteiger partial charge in [0.05, 0.1) is 6.04 Å². The van der Waals surface area contributed by atoms with Crippen molar-refractivity contribution in [1.82, 2.24) is 25.4 Å². The van der Waals surface area contributed by atoms with Crippen molar-refractivity contribution in [3.05, 3.63) is 11.6 Å². The molecule has 134 valence electrons. The highest BCUT2D eigenvalue weighted by Gasteiger charge is 2.28. The average Bonchev–Trinajstić information content (AvgIpc) is 2.83. The van der Waals surface area contributed by atoms with E-state index in [9.17, 15) is 4.79 Å². The molecule has 0 aromatic carbocycles. The molecule has 1 saturated heterocycles. The Kier molecular flexibility index (Phi) is 5.84. The van der Waals surface area contributed by atoms with Crippen LogP contribution in [0.2, 0.25) is 0 Å². The predicted molar refractivity (Wildman–Crippen MR) is 90.5 cm³/mol. The van der Waals surface area contributed by atoms with E-state index < -0.39 is 0 Å². The minimum absolute atomic E-state index is 0.0570. The zero-order chi connectivity index (χ0) is 16.9. The summed E-state index contributed by atoms with van der Waals surface area (Å²) in [5.74, 6) is 2.59. The maximum absolute atomic E-state index is 12.7. The molecule has 0 saturated carbocycles. The zero-order valence-corrected chi connectivity index (χ0v) is 14.8. The van der Waals surface area contributed by atoms with Crippen LogP contribution < -0.4 is 10.6 Å². The molecule has 2 aliphatic heterocycles.